The zero-order chi connectivity index (χ0) is 11.9. The predicted molar refractivity (Wildman–Crippen MR) is 58.5 cm³/mol. The monoisotopic (exact) mass is 214 g/mol. The van der Waals surface area contributed by atoms with Crippen molar-refractivity contribution in [2.24, 2.45) is 17.3 Å². The summed E-state index contributed by atoms with van der Waals surface area (Å²) in [6.07, 6.45) is 2.78. The zero-order valence-corrected chi connectivity index (χ0v) is 10.1. The highest BCUT2D eigenvalue weighted by atomic mass is 16.4. The van der Waals surface area contributed by atoms with Crippen molar-refractivity contribution in [3.63, 3.8) is 0 Å². The molecule has 0 aliphatic heterocycles. The maximum atomic E-state index is 11.0. The molecule has 3 nitrogen and oxygen atoms in total. The highest BCUT2D eigenvalue weighted by molar-refractivity contribution is 5.77. The van der Waals surface area contributed by atoms with Crippen molar-refractivity contribution in [1.29, 1.82) is 0 Å². The molecule has 0 aromatic carbocycles. The van der Waals surface area contributed by atoms with Gasteiger partial charge in [-0.25, -0.2) is 4.79 Å². The maximum Gasteiger partial charge on any atom is 0.335 e. The zero-order valence-electron chi connectivity index (χ0n) is 10.1. The second-order valence-corrected chi connectivity index (χ2v) is 5.94. The minimum absolute atomic E-state index is 0.122. The topological polar surface area (TPSA) is 57.5 Å². The largest absolute Gasteiger partial charge is 0.479 e. The minimum Gasteiger partial charge on any atom is -0.479 e. The fourth-order valence-electron chi connectivity index (χ4n) is 2.94. The third-order valence-electron chi connectivity index (χ3n) is 3.85. The van der Waals surface area contributed by atoms with Crippen LogP contribution in [0.5, 0.6) is 0 Å². The van der Waals surface area contributed by atoms with Crippen LogP contribution in [0, 0.1) is 17.3 Å². The Morgan fingerprint density at radius 2 is 2.00 bits per heavy atom. The SMILES string of the molecule is CC1CC(C)(C)CCC1C(C)(O)C(=O)O. The Labute approximate surface area is 91.5 Å². The summed E-state index contributed by atoms with van der Waals surface area (Å²) in [6, 6.07) is 0. The summed E-state index contributed by atoms with van der Waals surface area (Å²) in [6.45, 7) is 7.88. The molecule has 0 amide bonds. The van der Waals surface area contributed by atoms with Gasteiger partial charge in [-0.05, 0) is 37.5 Å². The molecule has 0 spiro atoms. The van der Waals surface area contributed by atoms with E-state index >= 15 is 0 Å². The van der Waals surface area contributed by atoms with E-state index in [9.17, 15) is 9.90 Å². The maximum absolute atomic E-state index is 11.0. The van der Waals surface area contributed by atoms with Gasteiger partial charge in [-0.2, -0.15) is 0 Å². The van der Waals surface area contributed by atoms with Crippen molar-refractivity contribution in [2.45, 2.75) is 52.6 Å². The Kier molecular flexibility index (Phi) is 3.15. The number of carboxylic acids is 1. The predicted octanol–water partition coefficient (Wildman–Crippen LogP) is 2.28. The lowest BCUT2D eigenvalue weighted by atomic mass is 9.63. The fourth-order valence-corrected chi connectivity index (χ4v) is 2.94. The highest BCUT2D eigenvalue weighted by Crippen LogP contribution is 2.45. The normalized spacial score (nSPS) is 34.5. The van der Waals surface area contributed by atoms with Gasteiger partial charge in [-0.15, -0.1) is 0 Å². The van der Waals surface area contributed by atoms with E-state index in [2.05, 4.69) is 13.8 Å². The van der Waals surface area contributed by atoms with E-state index in [1.165, 1.54) is 6.92 Å². The second kappa shape index (κ2) is 3.78. The Hall–Kier alpha value is -0.570. The van der Waals surface area contributed by atoms with Crippen LogP contribution in [0.4, 0.5) is 0 Å². The summed E-state index contributed by atoms with van der Waals surface area (Å²) in [7, 11) is 0. The molecule has 0 heterocycles. The molecular formula is C12H22O3. The van der Waals surface area contributed by atoms with Crippen molar-refractivity contribution in [3.05, 3.63) is 0 Å². The molecule has 88 valence electrons. The molecule has 0 aromatic rings. The number of carboxylic acid groups (broad SMARTS) is 1. The molecule has 1 rings (SSSR count). The first-order chi connectivity index (χ1) is 6.67. The highest BCUT2D eigenvalue weighted by Gasteiger charge is 2.46. The summed E-state index contributed by atoms with van der Waals surface area (Å²) >= 11 is 0. The van der Waals surface area contributed by atoms with Crippen molar-refractivity contribution < 1.29 is 15.0 Å². The van der Waals surface area contributed by atoms with Crippen LogP contribution in [0.25, 0.3) is 0 Å². The van der Waals surface area contributed by atoms with Crippen molar-refractivity contribution >= 4 is 5.97 Å². The number of aliphatic carboxylic acids is 1. The van der Waals surface area contributed by atoms with Crippen LogP contribution in [0.1, 0.15) is 47.0 Å². The minimum atomic E-state index is -1.57. The molecule has 1 aliphatic rings. The van der Waals surface area contributed by atoms with E-state index in [0.717, 1.165) is 19.3 Å². The summed E-state index contributed by atoms with van der Waals surface area (Å²) in [4.78, 5) is 11.0. The van der Waals surface area contributed by atoms with E-state index in [1.54, 1.807) is 0 Å². The average Bonchev–Trinajstić information content (AvgIpc) is 2.00. The van der Waals surface area contributed by atoms with Gasteiger partial charge in [-0.1, -0.05) is 20.8 Å². The number of carbonyl (C=O) groups is 1. The van der Waals surface area contributed by atoms with Gasteiger partial charge in [0.15, 0.2) is 5.60 Å². The van der Waals surface area contributed by atoms with Gasteiger partial charge in [0.25, 0.3) is 0 Å². The molecule has 0 radical (unpaired) electrons. The molecule has 15 heavy (non-hydrogen) atoms. The molecule has 0 aromatic heterocycles. The first kappa shape index (κ1) is 12.5. The first-order valence-corrected chi connectivity index (χ1v) is 5.62. The van der Waals surface area contributed by atoms with Crippen LogP contribution in [0.3, 0.4) is 0 Å². The van der Waals surface area contributed by atoms with Crippen molar-refractivity contribution in [2.75, 3.05) is 0 Å². The van der Waals surface area contributed by atoms with E-state index < -0.39 is 11.6 Å². The Morgan fingerprint density at radius 3 is 2.40 bits per heavy atom. The van der Waals surface area contributed by atoms with Crippen molar-refractivity contribution in [3.8, 4) is 0 Å². The number of rotatable bonds is 2. The van der Waals surface area contributed by atoms with Crippen LogP contribution in [-0.4, -0.2) is 21.8 Å². The molecule has 2 N–H and O–H groups in total. The smallest absolute Gasteiger partial charge is 0.335 e. The lowest BCUT2D eigenvalue weighted by Crippen LogP contribution is -2.48. The van der Waals surface area contributed by atoms with E-state index in [0.29, 0.717) is 0 Å². The van der Waals surface area contributed by atoms with Gasteiger partial charge >= 0.3 is 5.97 Å². The number of aliphatic hydroxyl groups is 1. The molecule has 3 atom stereocenters. The standard InChI is InChI=1S/C12H22O3/c1-8-7-11(2,3)6-5-9(8)12(4,15)10(13)14/h8-9,15H,5-7H2,1-4H3,(H,13,14). The summed E-state index contributed by atoms with van der Waals surface area (Å²) in [5.41, 5.74) is -1.29. The first-order valence-electron chi connectivity index (χ1n) is 5.62. The van der Waals surface area contributed by atoms with E-state index in [4.69, 9.17) is 5.11 Å². The third kappa shape index (κ3) is 2.51. The van der Waals surface area contributed by atoms with Crippen LogP contribution >= 0.6 is 0 Å². The van der Waals surface area contributed by atoms with Gasteiger partial charge in [0.1, 0.15) is 0 Å². The summed E-state index contributed by atoms with van der Waals surface area (Å²) < 4.78 is 0. The van der Waals surface area contributed by atoms with Gasteiger partial charge < -0.3 is 10.2 Å². The lowest BCUT2D eigenvalue weighted by molar-refractivity contribution is -0.167. The Balaban J connectivity index is 2.78. The van der Waals surface area contributed by atoms with Crippen LogP contribution in [0.15, 0.2) is 0 Å². The summed E-state index contributed by atoms with van der Waals surface area (Å²) in [5.74, 6) is -0.957. The van der Waals surface area contributed by atoms with Crippen LogP contribution in [0.2, 0.25) is 0 Å². The molecule has 3 heteroatoms. The summed E-state index contributed by atoms with van der Waals surface area (Å²) in [5, 5.41) is 18.9. The van der Waals surface area contributed by atoms with Gasteiger partial charge in [0, 0.05) is 5.92 Å². The van der Waals surface area contributed by atoms with Crippen LogP contribution < -0.4 is 0 Å². The quantitative estimate of drug-likeness (QED) is 0.741. The Bertz CT molecular complexity index is 256. The van der Waals surface area contributed by atoms with Gasteiger partial charge in [0.05, 0.1) is 0 Å². The van der Waals surface area contributed by atoms with E-state index in [1.807, 2.05) is 6.92 Å². The molecule has 0 saturated heterocycles. The van der Waals surface area contributed by atoms with Gasteiger partial charge in [-0.3, -0.25) is 0 Å². The Morgan fingerprint density at radius 1 is 1.47 bits per heavy atom. The molecular weight excluding hydrogens is 192 g/mol. The molecule has 3 unspecified atom stereocenters. The van der Waals surface area contributed by atoms with Crippen LogP contribution in [-0.2, 0) is 4.79 Å². The molecule has 1 aliphatic carbocycles. The average molecular weight is 214 g/mol. The molecule has 1 fully saturated rings. The number of hydrogen-bond donors (Lipinski definition) is 2. The fraction of sp³-hybridized carbons (Fsp3) is 0.917. The number of hydrogen-bond acceptors (Lipinski definition) is 2. The molecule has 0 bridgehead atoms. The lowest BCUT2D eigenvalue weighted by Gasteiger charge is -2.43. The third-order valence-corrected chi connectivity index (χ3v) is 3.85. The van der Waals surface area contributed by atoms with E-state index in [-0.39, 0.29) is 17.3 Å². The van der Waals surface area contributed by atoms with Gasteiger partial charge in [0.2, 0.25) is 0 Å². The molecule has 1 saturated carbocycles. The van der Waals surface area contributed by atoms with Crippen molar-refractivity contribution in [1.82, 2.24) is 0 Å². The second-order valence-electron chi connectivity index (χ2n) is 5.94.